The Hall–Kier alpha value is -0.120. The topological polar surface area (TPSA) is 18.5 Å². The number of hydrogen-bond donors (Lipinski definition) is 1. The maximum Gasteiger partial charge on any atom is 0.0124 e. The Bertz CT molecular complexity index is 277. The van der Waals surface area contributed by atoms with Crippen LogP contribution in [-0.2, 0) is 0 Å². The first kappa shape index (κ1) is 14.8. The van der Waals surface area contributed by atoms with Gasteiger partial charge in [-0.1, -0.05) is 13.8 Å². The minimum Gasteiger partial charge on any atom is -0.312 e. The van der Waals surface area contributed by atoms with E-state index in [4.69, 9.17) is 0 Å². The smallest absolute Gasteiger partial charge is 0.0124 e. The van der Waals surface area contributed by atoms with Crippen LogP contribution in [0.5, 0.6) is 0 Å². The standard InChI is InChI=1S/C17H33N3/c1-14(2)13-20-11-9-19(10-12-20)8-7-18-17(15-3-4-15)16-5-6-16/h14-18H,3-13H2,1-2H3. The van der Waals surface area contributed by atoms with E-state index in [1.807, 2.05) is 0 Å². The van der Waals surface area contributed by atoms with Gasteiger partial charge in [-0.05, 0) is 43.4 Å². The van der Waals surface area contributed by atoms with Crippen molar-refractivity contribution in [2.24, 2.45) is 17.8 Å². The van der Waals surface area contributed by atoms with Gasteiger partial charge >= 0.3 is 0 Å². The largest absolute Gasteiger partial charge is 0.312 e. The molecule has 2 saturated carbocycles. The summed E-state index contributed by atoms with van der Waals surface area (Å²) in [5, 5.41) is 3.88. The second-order valence-corrected chi connectivity index (χ2v) is 7.69. The van der Waals surface area contributed by atoms with E-state index in [-0.39, 0.29) is 0 Å². The molecule has 0 radical (unpaired) electrons. The number of hydrogen-bond acceptors (Lipinski definition) is 3. The molecule has 0 bridgehead atoms. The summed E-state index contributed by atoms with van der Waals surface area (Å²) in [6, 6.07) is 0.872. The average molecular weight is 279 g/mol. The van der Waals surface area contributed by atoms with Crippen LogP contribution in [-0.4, -0.2) is 61.7 Å². The predicted octanol–water partition coefficient (Wildman–Crippen LogP) is 2.04. The van der Waals surface area contributed by atoms with Crippen LogP contribution in [0, 0.1) is 17.8 Å². The van der Waals surface area contributed by atoms with Gasteiger partial charge in [-0.3, -0.25) is 4.90 Å². The molecule has 2 aliphatic carbocycles. The molecule has 3 heteroatoms. The summed E-state index contributed by atoms with van der Waals surface area (Å²) in [4.78, 5) is 5.28. The van der Waals surface area contributed by atoms with Gasteiger partial charge in [0.2, 0.25) is 0 Å². The Balaban J connectivity index is 1.29. The lowest BCUT2D eigenvalue weighted by Crippen LogP contribution is -2.49. The fourth-order valence-electron chi connectivity index (χ4n) is 3.73. The monoisotopic (exact) mass is 279 g/mol. The third-order valence-corrected chi connectivity index (χ3v) is 5.16. The van der Waals surface area contributed by atoms with Gasteiger partial charge in [-0.2, -0.15) is 0 Å². The van der Waals surface area contributed by atoms with Crippen molar-refractivity contribution in [3.05, 3.63) is 0 Å². The second-order valence-electron chi connectivity index (χ2n) is 7.69. The van der Waals surface area contributed by atoms with Gasteiger partial charge in [0.15, 0.2) is 0 Å². The van der Waals surface area contributed by atoms with Crippen molar-refractivity contribution >= 4 is 0 Å². The van der Waals surface area contributed by atoms with E-state index in [0.717, 1.165) is 23.8 Å². The molecule has 1 aliphatic heterocycles. The van der Waals surface area contributed by atoms with E-state index in [0.29, 0.717) is 0 Å². The molecule has 3 nitrogen and oxygen atoms in total. The summed E-state index contributed by atoms with van der Waals surface area (Å²) in [5.74, 6) is 2.87. The third-order valence-electron chi connectivity index (χ3n) is 5.16. The van der Waals surface area contributed by atoms with E-state index >= 15 is 0 Å². The summed E-state index contributed by atoms with van der Waals surface area (Å²) in [5.41, 5.74) is 0. The van der Waals surface area contributed by atoms with E-state index in [2.05, 4.69) is 29.0 Å². The Kier molecular flexibility index (Phi) is 5.00. The number of rotatable bonds is 8. The summed E-state index contributed by atoms with van der Waals surface area (Å²) in [7, 11) is 0. The zero-order valence-electron chi connectivity index (χ0n) is 13.5. The molecular formula is C17H33N3. The lowest BCUT2D eigenvalue weighted by molar-refractivity contribution is 0.121. The van der Waals surface area contributed by atoms with E-state index in [1.54, 1.807) is 0 Å². The molecule has 0 aromatic carbocycles. The minimum absolute atomic E-state index is 0.807. The Morgan fingerprint density at radius 1 is 0.900 bits per heavy atom. The summed E-state index contributed by atoms with van der Waals surface area (Å²) >= 11 is 0. The first-order chi connectivity index (χ1) is 9.72. The van der Waals surface area contributed by atoms with Crippen molar-refractivity contribution < 1.29 is 0 Å². The van der Waals surface area contributed by atoms with Crippen LogP contribution in [0.2, 0.25) is 0 Å². The van der Waals surface area contributed by atoms with Gasteiger partial charge in [-0.15, -0.1) is 0 Å². The highest BCUT2D eigenvalue weighted by atomic mass is 15.3. The normalized spacial score (nSPS) is 25.8. The molecule has 3 aliphatic rings. The van der Waals surface area contributed by atoms with Gasteiger partial charge in [0.25, 0.3) is 0 Å². The minimum atomic E-state index is 0.807. The van der Waals surface area contributed by atoms with Crippen LogP contribution in [0.25, 0.3) is 0 Å². The molecule has 0 aromatic heterocycles. The van der Waals surface area contributed by atoms with Crippen LogP contribution >= 0.6 is 0 Å². The van der Waals surface area contributed by atoms with Crippen molar-refractivity contribution in [1.29, 1.82) is 0 Å². The SMILES string of the molecule is CC(C)CN1CCN(CCNC(C2CC2)C2CC2)CC1. The molecule has 3 rings (SSSR count). The van der Waals surface area contributed by atoms with Crippen molar-refractivity contribution in [1.82, 2.24) is 15.1 Å². The van der Waals surface area contributed by atoms with Crippen LogP contribution in [0.4, 0.5) is 0 Å². The fourth-order valence-corrected chi connectivity index (χ4v) is 3.73. The third kappa shape index (κ3) is 4.44. The molecule has 1 N–H and O–H groups in total. The first-order valence-corrected chi connectivity index (χ1v) is 8.90. The molecule has 0 amide bonds. The van der Waals surface area contributed by atoms with Gasteiger partial charge < -0.3 is 10.2 Å². The highest BCUT2D eigenvalue weighted by Crippen LogP contribution is 2.44. The molecule has 0 atom stereocenters. The number of nitrogens with zero attached hydrogens (tertiary/aromatic N) is 2. The number of piperazine rings is 1. The highest BCUT2D eigenvalue weighted by molar-refractivity contribution is 4.96. The molecule has 20 heavy (non-hydrogen) atoms. The Morgan fingerprint density at radius 2 is 1.45 bits per heavy atom. The van der Waals surface area contributed by atoms with Crippen molar-refractivity contribution in [3.63, 3.8) is 0 Å². The number of nitrogens with one attached hydrogen (secondary N) is 1. The van der Waals surface area contributed by atoms with Gasteiger partial charge in [-0.25, -0.2) is 0 Å². The molecule has 0 spiro atoms. The van der Waals surface area contributed by atoms with Crippen LogP contribution in [0.15, 0.2) is 0 Å². The average Bonchev–Trinajstić information content (AvgIpc) is 3.28. The van der Waals surface area contributed by atoms with Crippen molar-refractivity contribution in [2.75, 3.05) is 45.8 Å². The van der Waals surface area contributed by atoms with Gasteiger partial charge in [0.1, 0.15) is 0 Å². The van der Waals surface area contributed by atoms with E-state index < -0.39 is 0 Å². The van der Waals surface area contributed by atoms with Gasteiger partial charge in [0, 0.05) is 51.9 Å². The molecule has 116 valence electrons. The quantitative estimate of drug-likeness (QED) is 0.733. The van der Waals surface area contributed by atoms with Crippen LogP contribution < -0.4 is 5.32 Å². The van der Waals surface area contributed by atoms with Gasteiger partial charge in [0.05, 0.1) is 0 Å². The highest BCUT2D eigenvalue weighted by Gasteiger charge is 2.40. The summed E-state index contributed by atoms with van der Waals surface area (Å²) in [6.45, 7) is 13.5. The van der Waals surface area contributed by atoms with Crippen LogP contribution in [0.3, 0.4) is 0 Å². The maximum absolute atomic E-state index is 3.88. The molecule has 3 fully saturated rings. The van der Waals surface area contributed by atoms with E-state index in [1.165, 1.54) is 71.5 Å². The Morgan fingerprint density at radius 3 is 1.95 bits per heavy atom. The lowest BCUT2D eigenvalue weighted by atomic mass is 10.1. The molecular weight excluding hydrogens is 246 g/mol. The van der Waals surface area contributed by atoms with Crippen molar-refractivity contribution in [2.45, 2.75) is 45.6 Å². The Labute approximate surface area is 125 Å². The molecule has 1 saturated heterocycles. The maximum atomic E-state index is 3.88. The first-order valence-electron chi connectivity index (χ1n) is 8.90. The van der Waals surface area contributed by atoms with Crippen LogP contribution in [0.1, 0.15) is 39.5 Å². The van der Waals surface area contributed by atoms with E-state index in [9.17, 15) is 0 Å². The lowest BCUT2D eigenvalue weighted by Gasteiger charge is -2.35. The zero-order valence-corrected chi connectivity index (χ0v) is 13.5. The molecule has 0 unspecified atom stereocenters. The predicted molar refractivity (Wildman–Crippen MR) is 85.0 cm³/mol. The summed E-state index contributed by atoms with van der Waals surface area (Å²) in [6.07, 6.45) is 5.95. The fraction of sp³-hybridized carbons (Fsp3) is 1.00. The summed E-state index contributed by atoms with van der Waals surface area (Å²) < 4.78 is 0. The molecule has 0 aromatic rings. The second kappa shape index (κ2) is 6.76. The van der Waals surface area contributed by atoms with Crippen molar-refractivity contribution in [3.8, 4) is 0 Å². The molecule has 1 heterocycles. The zero-order chi connectivity index (χ0) is 13.9.